The van der Waals surface area contributed by atoms with Gasteiger partial charge in [-0.05, 0) is 143 Å². The van der Waals surface area contributed by atoms with E-state index >= 15 is 0 Å². The minimum Gasteiger partial charge on any atom is -0.308 e. The summed E-state index contributed by atoms with van der Waals surface area (Å²) in [6.45, 7) is 18.1. The first-order valence-electron chi connectivity index (χ1n) is 23.3. The van der Waals surface area contributed by atoms with Crippen molar-refractivity contribution in [2.75, 3.05) is 9.80 Å². The van der Waals surface area contributed by atoms with Crippen LogP contribution in [0.5, 0.6) is 0 Å². The number of anilines is 6. The first kappa shape index (κ1) is 40.7. The molecule has 9 aromatic carbocycles. The summed E-state index contributed by atoms with van der Waals surface area (Å²) in [5.74, 6) is 1.47. The van der Waals surface area contributed by atoms with Crippen molar-refractivity contribution in [3.8, 4) is 0 Å². The van der Waals surface area contributed by atoms with Crippen molar-refractivity contribution in [1.82, 2.24) is 4.98 Å². The number of aryl methyl sites for hydroxylation is 4. The van der Waals surface area contributed by atoms with Gasteiger partial charge in [0.25, 0.3) is 0 Å². The van der Waals surface area contributed by atoms with Crippen molar-refractivity contribution in [2.45, 2.75) is 67.2 Å². The number of benzene rings is 9. The van der Waals surface area contributed by atoms with Crippen molar-refractivity contribution in [3.05, 3.63) is 185 Å². The molecule has 0 unspecified atom stereocenters. The Morgan fingerprint density at radius 2 is 0.879 bits per heavy atom. The molecule has 3 aromatic heterocycles. The number of fused-ring (bicyclic) bond motifs is 6. The second-order valence-electron chi connectivity index (χ2n) is 18.9. The van der Waals surface area contributed by atoms with Crippen LogP contribution in [0.2, 0.25) is 0 Å². The monoisotopic (exact) mass is 889 g/mol. The largest absolute Gasteiger partial charge is 0.308 e. The molecule has 0 atom stereocenters. The maximum absolute atomic E-state index is 5.39. The number of hydrogen-bond acceptors (Lipinski definition) is 5. The maximum atomic E-state index is 5.39. The number of pyridine rings is 1. The van der Waals surface area contributed by atoms with Gasteiger partial charge < -0.3 is 4.90 Å². The van der Waals surface area contributed by atoms with Gasteiger partial charge >= 0.3 is 0 Å². The zero-order valence-electron chi connectivity index (χ0n) is 38.7. The average molecular weight is 890 g/mol. The van der Waals surface area contributed by atoms with Crippen molar-refractivity contribution in [2.24, 2.45) is 0 Å². The molecule has 0 aliphatic carbocycles. The minimum atomic E-state index is 0.268. The van der Waals surface area contributed by atoms with Gasteiger partial charge in [-0.1, -0.05) is 125 Å². The standard InChI is InChI=1S/C61H51N3S2/c1-34(2)49-32-53(63(40-25-23-36(5)38(7)31-40)51-19-13-17-45-41-15-9-11-21-55(41)65-60(45)51)47-28-26-44-50(35(3)4)33-54(48-29-27-43(49)58(47)59(44)48)64(57-30-24-37(6)39(8)62-57)52-20-14-18-46-42-16-10-12-22-56(42)66-61(46)52/h9-35H,1-8H3. The van der Waals surface area contributed by atoms with Crippen molar-refractivity contribution in [3.63, 3.8) is 0 Å². The summed E-state index contributed by atoms with van der Waals surface area (Å²) in [6, 6.07) is 57.4. The molecule has 0 radical (unpaired) electrons. The number of thiophene rings is 2. The van der Waals surface area contributed by atoms with E-state index in [-0.39, 0.29) is 11.8 Å². The van der Waals surface area contributed by atoms with E-state index in [0.717, 1.165) is 22.9 Å². The zero-order chi connectivity index (χ0) is 45.1. The molecule has 0 saturated carbocycles. The predicted octanol–water partition coefficient (Wildman–Crippen LogP) is 19.1. The molecule has 322 valence electrons. The predicted molar refractivity (Wildman–Crippen MR) is 290 cm³/mol. The highest BCUT2D eigenvalue weighted by Crippen LogP contribution is 2.53. The molecule has 3 heterocycles. The van der Waals surface area contributed by atoms with Crippen LogP contribution in [0.25, 0.3) is 72.7 Å². The Balaban J connectivity index is 1.22. The molecule has 0 saturated heterocycles. The van der Waals surface area contributed by atoms with Crippen LogP contribution in [0.15, 0.2) is 152 Å². The molecule has 0 N–H and O–H groups in total. The molecule has 12 aromatic rings. The van der Waals surface area contributed by atoms with Crippen molar-refractivity contribution in [1.29, 1.82) is 0 Å². The topological polar surface area (TPSA) is 19.4 Å². The second kappa shape index (κ2) is 15.4. The van der Waals surface area contributed by atoms with Gasteiger partial charge in [0, 0.05) is 53.1 Å². The normalized spacial score (nSPS) is 12.2. The second-order valence-corrected chi connectivity index (χ2v) is 21.0. The van der Waals surface area contributed by atoms with E-state index in [1.807, 2.05) is 22.7 Å². The number of aromatic nitrogens is 1. The third-order valence-electron chi connectivity index (χ3n) is 14.2. The molecule has 0 aliphatic heterocycles. The Labute approximate surface area is 394 Å². The van der Waals surface area contributed by atoms with Crippen LogP contribution < -0.4 is 9.80 Å². The van der Waals surface area contributed by atoms with Gasteiger partial charge in [-0.15, -0.1) is 22.7 Å². The average Bonchev–Trinajstić information content (AvgIpc) is 3.90. The van der Waals surface area contributed by atoms with Crippen LogP contribution in [0.1, 0.15) is 73.0 Å². The van der Waals surface area contributed by atoms with E-state index in [1.54, 1.807) is 0 Å². The van der Waals surface area contributed by atoms with Gasteiger partial charge in [0.15, 0.2) is 0 Å². The van der Waals surface area contributed by atoms with Crippen LogP contribution in [0.3, 0.4) is 0 Å². The Kier molecular flexibility index (Phi) is 9.50. The van der Waals surface area contributed by atoms with E-state index in [4.69, 9.17) is 4.98 Å². The Morgan fingerprint density at radius 3 is 1.41 bits per heavy atom. The van der Waals surface area contributed by atoms with Crippen molar-refractivity contribution >= 4 is 130 Å². The number of hydrogen-bond donors (Lipinski definition) is 0. The van der Waals surface area contributed by atoms with Crippen LogP contribution in [-0.4, -0.2) is 4.98 Å². The van der Waals surface area contributed by atoms with Gasteiger partial charge in [-0.3, -0.25) is 4.90 Å². The highest BCUT2D eigenvalue weighted by atomic mass is 32.1. The summed E-state index contributed by atoms with van der Waals surface area (Å²) >= 11 is 3.77. The third-order valence-corrected chi connectivity index (χ3v) is 16.6. The maximum Gasteiger partial charge on any atom is 0.137 e. The SMILES string of the molecule is Cc1ccc(N(c2cc(C(C)C)c3ccc4c(N(c5ccc(C)c(C)n5)c5cccc6c5sc5ccccc56)cc(C(C)C)c5ccc2c3c54)c2cccc3c2sc2ccccc23)cc1C. The lowest BCUT2D eigenvalue weighted by Crippen LogP contribution is -2.14. The summed E-state index contributed by atoms with van der Waals surface area (Å²) < 4.78 is 5.16. The van der Waals surface area contributed by atoms with E-state index < -0.39 is 0 Å². The summed E-state index contributed by atoms with van der Waals surface area (Å²) in [4.78, 5) is 10.4. The fourth-order valence-electron chi connectivity index (χ4n) is 10.5. The molecule has 3 nitrogen and oxygen atoms in total. The van der Waals surface area contributed by atoms with E-state index in [9.17, 15) is 0 Å². The van der Waals surface area contributed by atoms with Gasteiger partial charge in [-0.2, -0.15) is 0 Å². The van der Waals surface area contributed by atoms with Gasteiger partial charge in [0.2, 0.25) is 0 Å². The van der Waals surface area contributed by atoms with Crippen LogP contribution >= 0.6 is 22.7 Å². The Hall–Kier alpha value is -6.79. The van der Waals surface area contributed by atoms with Crippen LogP contribution in [0.4, 0.5) is 34.3 Å². The first-order chi connectivity index (χ1) is 32.0. The number of nitrogens with zero attached hydrogens (tertiary/aromatic N) is 3. The highest BCUT2D eigenvalue weighted by Gasteiger charge is 2.28. The third kappa shape index (κ3) is 6.17. The molecule has 0 aliphatic rings. The smallest absolute Gasteiger partial charge is 0.137 e. The lowest BCUT2D eigenvalue weighted by molar-refractivity contribution is 0.875. The molecule has 5 heteroatoms. The van der Waals surface area contributed by atoms with Crippen molar-refractivity contribution < 1.29 is 0 Å². The summed E-state index contributed by atoms with van der Waals surface area (Å²) in [7, 11) is 0. The lowest BCUT2D eigenvalue weighted by Gasteiger charge is -2.32. The number of rotatable bonds is 8. The Bertz CT molecular complexity index is 3650. The molecule has 0 bridgehead atoms. The first-order valence-corrected chi connectivity index (χ1v) is 24.9. The van der Waals surface area contributed by atoms with Crippen LogP contribution in [0, 0.1) is 27.7 Å². The minimum absolute atomic E-state index is 0.268. The molecule has 0 fully saturated rings. The molecule has 12 rings (SSSR count). The highest BCUT2D eigenvalue weighted by molar-refractivity contribution is 7.26. The molecule has 0 amide bonds. The summed E-state index contributed by atoms with van der Waals surface area (Å²) in [6.07, 6.45) is 0. The van der Waals surface area contributed by atoms with Crippen LogP contribution in [-0.2, 0) is 0 Å². The van der Waals surface area contributed by atoms with E-state index in [2.05, 4.69) is 217 Å². The van der Waals surface area contributed by atoms with E-state index in [1.165, 1.54) is 118 Å². The zero-order valence-corrected chi connectivity index (χ0v) is 40.4. The van der Waals surface area contributed by atoms with Gasteiger partial charge in [0.05, 0.1) is 32.1 Å². The van der Waals surface area contributed by atoms with E-state index in [0.29, 0.717) is 0 Å². The fourth-order valence-corrected chi connectivity index (χ4v) is 13.0. The fraction of sp³-hybridized carbons (Fsp3) is 0.164. The van der Waals surface area contributed by atoms with Gasteiger partial charge in [0.1, 0.15) is 5.82 Å². The lowest BCUT2D eigenvalue weighted by atomic mass is 9.84. The molecular formula is C61H51N3S2. The Morgan fingerprint density at radius 1 is 0.394 bits per heavy atom. The molecule has 0 spiro atoms. The molecule has 66 heavy (non-hydrogen) atoms. The van der Waals surface area contributed by atoms with Gasteiger partial charge in [-0.25, -0.2) is 4.98 Å². The quantitative estimate of drug-likeness (QED) is 0.142. The molecular weight excluding hydrogens is 839 g/mol. The summed E-state index contributed by atoms with van der Waals surface area (Å²) in [5.41, 5.74) is 13.3. The summed E-state index contributed by atoms with van der Waals surface area (Å²) in [5, 5.41) is 12.9.